The number of aryl methyl sites for hydroxylation is 2. The van der Waals surface area contributed by atoms with E-state index in [0.29, 0.717) is 26.6 Å². The Morgan fingerprint density at radius 2 is 1.85 bits per heavy atom. The lowest BCUT2D eigenvalue weighted by molar-refractivity contribution is -0.137. The van der Waals surface area contributed by atoms with Crippen molar-refractivity contribution in [2.24, 2.45) is 0 Å². The van der Waals surface area contributed by atoms with Crippen LogP contribution in [0.1, 0.15) is 34.4 Å². The van der Waals surface area contributed by atoms with Gasteiger partial charge in [0, 0.05) is 15.1 Å². The van der Waals surface area contributed by atoms with Crippen LogP contribution in [0.5, 0.6) is 0 Å². The Balaban J connectivity index is 1.61. The molecule has 2 heterocycles. The van der Waals surface area contributed by atoms with Crippen molar-refractivity contribution in [1.82, 2.24) is 9.55 Å². The molecule has 0 aliphatic heterocycles. The number of benzene rings is 2. The quantitative estimate of drug-likeness (QED) is 0.196. The van der Waals surface area contributed by atoms with Crippen LogP contribution in [-0.2, 0) is 24.8 Å². The van der Waals surface area contributed by atoms with E-state index in [1.54, 1.807) is 22.0 Å². The largest absolute Gasteiger partial charge is 0.416 e. The molecule has 0 saturated carbocycles. The Morgan fingerprint density at radius 1 is 1.09 bits per heavy atom. The van der Waals surface area contributed by atoms with Crippen molar-refractivity contribution >= 4 is 49.2 Å². The van der Waals surface area contributed by atoms with Crippen molar-refractivity contribution in [2.75, 3.05) is 0 Å². The monoisotopic (exact) mass is 550 g/mol. The van der Waals surface area contributed by atoms with Gasteiger partial charge >= 0.3 is 6.18 Å². The molecule has 33 heavy (non-hydrogen) atoms. The van der Waals surface area contributed by atoms with Gasteiger partial charge in [-0.15, -0.1) is 11.3 Å². The van der Waals surface area contributed by atoms with E-state index in [9.17, 15) is 18.0 Å². The van der Waals surface area contributed by atoms with Crippen LogP contribution in [0.15, 0.2) is 63.0 Å². The minimum atomic E-state index is -4.40. The number of rotatable bonds is 4. The lowest BCUT2D eigenvalue weighted by Gasteiger charge is -2.14. The number of halogens is 4. The normalized spacial score (nSPS) is 13.9. The zero-order chi connectivity index (χ0) is 23.2. The number of thioether (sulfide) groups is 1. The molecule has 9 heteroatoms. The number of thiophene rings is 1. The molecule has 1 aliphatic carbocycles. The highest BCUT2D eigenvalue weighted by Crippen LogP contribution is 2.36. The average molecular weight is 551 g/mol. The molecule has 0 amide bonds. The first-order valence-corrected chi connectivity index (χ1v) is 13.0. The van der Waals surface area contributed by atoms with Gasteiger partial charge in [0.2, 0.25) is 0 Å². The molecule has 4 aromatic rings. The van der Waals surface area contributed by atoms with Crippen LogP contribution in [-0.4, -0.2) is 9.55 Å². The Hall–Kier alpha value is -2.10. The maximum Gasteiger partial charge on any atom is 0.416 e. The lowest BCUT2D eigenvalue weighted by Crippen LogP contribution is -2.22. The van der Waals surface area contributed by atoms with E-state index >= 15 is 0 Å². The average Bonchev–Trinajstić information content (AvgIpc) is 3.17. The summed E-state index contributed by atoms with van der Waals surface area (Å²) in [6.45, 7) is 0. The van der Waals surface area contributed by atoms with Gasteiger partial charge in [-0.1, -0.05) is 45.9 Å². The van der Waals surface area contributed by atoms with Gasteiger partial charge in [-0.05, 0) is 67.1 Å². The van der Waals surface area contributed by atoms with E-state index in [1.807, 2.05) is 24.3 Å². The third-order valence-electron chi connectivity index (χ3n) is 5.67. The summed E-state index contributed by atoms with van der Waals surface area (Å²) < 4.78 is 41.8. The molecule has 2 aromatic heterocycles. The first-order chi connectivity index (χ1) is 15.8. The van der Waals surface area contributed by atoms with Gasteiger partial charge in [-0.25, -0.2) is 4.98 Å². The van der Waals surface area contributed by atoms with E-state index < -0.39 is 11.7 Å². The van der Waals surface area contributed by atoms with Crippen molar-refractivity contribution in [1.29, 1.82) is 0 Å². The summed E-state index contributed by atoms with van der Waals surface area (Å²) in [6.07, 6.45) is -0.391. The number of fused-ring (bicyclic) bond motifs is 3. The van der Waals surface area contributed by atoms with E-state index in [-0.39, 0.29) is 11.3 Å². The van der Waals surface area contributed by atoms with Crippen molar-refractivity contribution < 1.29 is 13.2 Å². The molecule has 170 valence electrons. The molecule has 2 aromatic carbocycles. The highest BCUT2D eigenvalue weighted by Gasteiger charge is 2.30. The summed E-state index contributed by atoms with van der Waals surface area (Å²) in [5.74, 6) is 0.267. The summed E-state index contributed by atoms with van der Waals surface area (Å²) in [5.41, 5.74) is 1.52. The molecule has 1 aliphatic rings. The maximum atomic E-state index is 13.7. The van der Waals surface area contributed by atoms with Gasteiger partial charge < -0.3 is 0 Å². The standard InChI is InChI=1S/C24H18BrF3N2OS2/c25-16-8-10-17(11-9-16)30-22(31)20-18-6-1-2-7-19(18)33-21(20)29-23(30)32-13-14-4-3-5-15(12-14)24(26,27)28/h3-5,8-12H,1-2,6-7,13H2. The fraction of sp³-hybridized carbons (Fsp3) is 0.250. The third kappa shape index (κ3) is 4.50. The zero-order valence-corrected chi connectivity index (χ0v) is 20.5. The van der Waals surface area contributed by atoms with Gasteiger partial charge in [0.15, 0.2) is 5.16 Å². The molecule has 0 unspecified atom stereocenters. The SMILES string of the molecule is O=c1c2c3c(sc2nc(SCc2cccc(C(F)(F)F)c2)n1-c1ccc(Br)cc1)CCCC3. The van der Waals surface area contributed by atoms with Gasteiger partial charge in [-0.2, -0.15) is 13.2 Å². The van der Waals surface area contributed by atoms with Gasteiger partial charge in [0.1, 0.15) is 4.83 Å². The molecule has 5 rings (SSSR count). The van der Waals surface area contributed by atoms with E-state index in [0.717, 1.165) is 47.9 Å². The molecule has 3 nitrogen and oxygen atoms in total. The smallest absolute Gasteiger partial charge is 0.268 e. The van der Waals surface area contributed by atoms with E-state index in [4.69, 9.17) is 4.98 Å². The zero-order valence-electron chi connectivity index (χ0n) is 17.3. The Bertz CT molecular complexity index is 1390. The second-order valence-electron chi connectivity index (χ2n) is 7.89. The number of hydrogen-bond donors (Lipinski definition) is 0. The fourth-order valence-electron chi connectivity index (χ4n) is 4.09. The summed E-state index contributed by atoms with van der Waals surface area (Å²) in [4.78, 5) is 20.5. The Morgan fingerprint density at radius 3 is 2.61 bits per heavy atom. The Kier molecular flexibility index (Phi) is 6.13. The van der Waals surface area contributed by atoms with E-state index in [2.05, 4.69) is 15.9 Å². The van der Waals surface area contributed by atoms with E-state index in [1.165, 1.54) is 22.7 Å². The molecule has 0 fully saturated rings. The second-order valence-corrected chi connectivity index (χ2v) is 10.8. The Labute approximate surface area is 204 Å². The van der Waals surface area contributed by atoms with Gasteiger partial charge in [-0.3, -0.25) is 9.36 Å². The maximum absolute atomic E-state index is 13.7. The number of aromatic nitrogens is 2. The fourth-order valence-corrected chi connectivity index (χ4v) is 6.61. The summed E-state index contributed by atoms with van der Waals surface area (Å²) in [5, 5.41) is 1.16. The van der Waals surface area contributed by atoms with Crippen LogP contribution in [0.2, 0.25) is 0 Å². The summed E-state index contributed by atoms with van der Waals surface area (Å²) in [6, 6.07) is 12.7. The molecule has 0 radical (unpaired) electrons. The van der Waals surface area contributed by atoms with Crippen molar-refractivity contribution in [3.05, 3.63) is 84.9 Å². The molecular formula is C24H18BrF3N2OS2. The van der Waals surface area contributed by atoms with Gasteiger partial charge in [0.05, 0.1) is 16.6 Å². The van der Waals surface area contributed by atoms with Crippen LogP contribution in [0.4, 0.5) is 13.2 Å². The number of alkyl halides is 3. The topological polar surface area (TPSA) is 34.9 Å². The summed E-state index contributed by atoms with van der Waals surface area (Å²) in [7, 11) is 0. The molecule has 0 spiro atoms. The van der Waals surface area contributed by atoms with Crippen LogP contribution in [0, 0.1) is 0 Å². The van der Waals surface area contributed by atoms with Gasteiger partial charge in [0.25, 0.3) is 5.56 Å². The first kappa shape index (κ1) is 22.7. The predicted molar refractivity (Wildman–Crippen MR) is 131 cm³/mol. The minimum absolute atomic E-state index is 0.117. The summed E-state index contributed by atoms with van der Waals surface area (Å²) >= 11 is 6.26. The molecule has 0 bridgehead atoms. The molecule has 0 atom stereocenters. The second kappa shape index (κ2) is 8.92. The third-order valence-corrected chi connectivity index (χ3v) is 8.39. The number of hydrogen-bond acceptors (Lipinski definition) is 4. The van der Waals surface area contributed by atoms with Crippen LogP contribution in [0.3, 0.4) is 0 Å². The molecule has 0 saturated heterocycles. The van der Waals surface area contributed by atoms with Crippen molar-refractivity contribution in [3.8, 4) is 5.69 Å². The van der Waals surface area contributed by atoms with Crippen LogP contribution < -0.4 is 5.56 Å². The predicted octanol–water partition coefficient (Wildman–Crippen LogP) is 7.40. The molecular weight excluding hydrogens is 533 g/mol. The van der Waals surface area contributed by atoms with Crippen molar-refractivity contribution in [2.45, 2.75) is 42.8 Å². The lowest BCUT2D eigenvalue weighted by atomic mass is 9.97. The van der Waals surface area contributed by atoms with Crippen LogP contribution >= 0.6 is 39.0 Å². The van der Waals surface area contributed by atoms with Crippen LogP contribution in [0.25, 0.3) is 15.9 Å². The first-order valence-electron chi connectivity index (χ1n) is 10.4. The highest BCUT2D eigenvalue weighted by atomic mass is 79.9. The van der Waals surface area contributed by atoms with Crippen molar-refractivity contribution in [3.63, 3.8) is 0 Å². The minimum Gasteiger partial charge on any atom is -0.268 e. The number of nitrogens with zero attached hydrogens (tertiary/aromatic N) is 2. The molecule has 0 N–H and O–H groups in total. The highest BCUT2D eigenvalue weighted by molar-refractivity contribution is 9.10.